The number of nitrogens with one attached hydrogen (secondary N) is 1. The molecule has 2 aromatic carbocycles. The Labute approximate surface area is 159 Å². The molecule has 0 bridgehead atoms. The van der Waals surface area contributed by atoms with E-state index in [0.29, 0.717) is 10.6 Å². The number of rotatable bonds is 5. The van der Waals surface area contributed by atoms with Gasteiger partial charge in [-0.25, -0.2) is 0 Å². The van der Waals surface area contributed by atoms with Gasteiger partial charge in [-0.2, -0.15) is 0 Å². The number of hydrogen-bond donors (Lipinski definition) is 1. The molecule has 0 saturated carbocycles. The van der Waals surface area contributed by atoms with Crippen molar-refractivity contribution in [1.29, 1.82) is 0 Å². The highest BCUT2D eigenvalue weighted by Crippen LogP contribution is 2.22. The first kappa shape index (κ1) is 18.5. The molecule has 0 aliphatic carbocycles. The largest absolute Gasteiger partial charge is 0.345 e. The van der Waals surface area contributed by atoms with Crippen LogP contribution in [0.1, 0.15) is 47.6 Å². The minimum atomic E-state index is -0.380. The van der Waals surface area contributed by atoms with Crippen molar-refractivity contribution in [3.63, 3.8) is 0 Å². The van der Waals surface area contributed by atoms with Crippen molar-refractivity contribution in [3.05, 3.63) is 70.7 Å². The van der Waals surface area contributed by atoms with Gasteiger partial charge in [-0.05, 0) is 37.0 Å². The molecule has 1 fully saturated rings. The summed E-state index contributed by atoms with van der Waals surface area (Å²) in [5, 5.41) is 3.39. The van der Waals surface area contributed by atoms with Crippen LogP contribution in [0.25, 0.3) is 0 Å². The molecule has 0 aromatic heterocycles. The number of piperidine rings is 1. The third kappa shape index (κ3) is 4.64. The number of hydrogen-bond acceptors (Lipinski definition) is 2. The number of halogens is 1. The molecule has 0 radical (unpaired) electrons. The van der Waals surface area contributed by atoms with Crippen LogP contribution in [0, 0.1) is 0 Å². The van der Waals surface area contributed by atoms with Crippen LogP contribution in [0.3, 0.4) is 0 Å². The molecule has 1 heterocycles. The van der Waals surface area contributed by atoms with Gasteiger partial charge in [0, 0.05) is 13.1 Å². The maximum Gasteiger partial charge on any atom is 0.253 e. The Morgan fingerprint density at radius 2 is 1.62 bits per heavy atom. The Hall–Kier alpha value is -2.33. The maximum absolute atomic E-state index is 12.7. The quantitative estimate of drug-likeness (QED) is 0.856. The SMILES string of the molecule is O=C(NC(CC(=O)N1CCCCC1)c1ccccc1)c1ccccc1Cl. The smallest absolute Gasteiger partial charge is 0.253 e. The van der Waals surface area contributed by atoms with Crippen LogP contribution >= 0.6 is 11.6 Å². The Morgan fingerprint density at radius 1 is 0.962 bits per heavy atom. The molecule has 2 amide bonds. The summed E-state index contributed by atoms with van der Waals surface area (Å²) in [7, 11) is 0. The predicted molar refractivity (Wildman–Crippen MR) is 103 cm³/mol. The zero-order valence-electron chi connectivity index (χ0n) is 14.7. The minimum absolute atomic E-state index is 0.0815. The molecule has 1 aliphatic rings. The second-order valence-electron chi connectivity index (χ2n) is 6.56. The van der Waals surface area contributed by atoms with Crippen molar-refractivity contribution in [2.45, 2.75) is 31.7 Å². The van der Waals surface area contributed by atoms with E-state index in [-0.39, 0.29) is 24.3 Å². The van der Waals surface area contributed by atoms with E-state index in [9.17, 15) is 9.59 Å². The van der Waals surface area contributed by atoms with Gasteiger partial charge in [0.1, 0.15) is 0 Å². The topological polar surface area (TPSA) is 49.4 Å². The fraction of sp³-hybridized carbons (Fsp3) is 0.333. The van der Waals surface area contributed by atoms with Crippen LogP contribution in [0.15, 0.2) is 54.6 Å². The molecule has 1 atom stereocenters. The first-order valence-corrected chi connectivity index (χ1v) is 9.41. The van der Waals surface area contributed by atoms with E-state index in [1.165, 1.54) is 6.42 Å². The van der Waals surface area contributed by atoms with E-state index >= 15 is 0 Å². The Morgan fingerprint density at radius 3 is 2.31 bits per heavy atom. The fourth-order valence-electron chi connectivity index (χ4n) is 3.27. The lowest BCUT2D eigenvalue weighted by Crippen LogP contribution is -2.39. The zero-order valence-corrected chi connectivity index (χ0v) is 15.4. The van der Waals surface area contributed by atoms with E-state index < -0.39 is 0 Å². The third-order valence-corrected chi connectivity index (χ3v) is 5.04. The fourth-order valence-corrected chi connectivity index (χ4v) is 3.49. The van der Waals surface area contributed by atoms with Gasteiger partial charge in [0.2, 0.25) is 5.91 Å². The van der Waals surface area contributed by atoms with Crippen molar-refractivity contribution in [2.75, 3.05) is 13.1 Å². The first-order chi connectivity index (χ1) is 12.6. The van der Waals surface area contributed by atoms with E-state index in [1.807, 2.05) is 35.2 Å². The summed E-state index contributed by atoms with van der Waals surface area (Å²) in [6.07, 6.45) is 3.52. The van der Waals surface area contributed by atoms with E-state index in [2.05, 4.69) is 5.32 Å². The zero-order chi connectivity index (χ0) is 18.4. The number of nitrogens with zero attached hydrogens (tertiary/aromatic N) is 1. The highest BCUT2D eigenvalue weighted by atomic mass is 35.5. The summed E-state index contributed by atoms with van der Waals surface area (Å²) >= 11 is 6.14. The van der Waals surface area contributed by atoms with Gasteiger partial charge < -0.3 is 10.2 Å². The predicted octanol–water partition coefficient (Wildman–Crippen LogP) is 4.21. The molecule has 2 aromatic rings. The van der Waals surface area contributed by atoms with Gasteiger partial charge in [-0.15, -0.1) is 0 Å². The van der Waals surface area contributed by atoms with Crippen molar-refractivity contribution >= 4 is 23.4 Å². The van der Waals surface area contributed by atoms with E-state index in [4.69, 9.17) is 11.6 Å². The minimum Gasteiger partial charge on any atom is -0.345 e. The van der Waals surface area contributed by atoms with Gasteiger partial charge in [-0.3, -0.25) is 9.59 Å². The molecule has 4 nitrogen and oxygen atoms in total. The van der Waals surface area contributed by atoms with Crippen LogP contribution in [0.5, 0.6) is 0 Å². The highest BCUT2D eigenvalue weighted by Gasteiger charge is 2.24. The number of amides is 2. The van der Waals surface area contributed by atoms with Crippen molar-refractivity contribution in [2.24, 2.45) is 0 Å². The van der Waals surface area contributed by atoms with E-state index in [1.54, 1.807) is 24.3 Å². The summed E-state index contributed by atoms with van der Waals surface area (Å²) in [5.74, 6) is -0.186. The van der Waals surface area contributed by atoms with Gasteiger partial charge in [0.25, 0.3) is 5.91 Å². The monoisotopic (exact) mass is 370 g/mol. The number of carbonyl (C=O) groups is 2. The normalized spacial score (nSPS) is 15.3. The Bertz CT molecular complexity index is 758. The second-order valence-corrected chi connectivity index (χ2v) is 6.97. The summed E-state index contributed by atoms with van der Waals surface area (Å²) < 4.78 is 0. The van der Waals surface area contributed by atoms with Crippen LogP contribution < -0.4 is 5.32 Å². The summed E-state index contributed by atoms with van der Waals surface area (Å²) in [6, 6.07) is 16.2. The molecule has 1 N–H and O–H groups in total. The summed E-state index contributed by atoms with van der Waals surface area (Å²) in [5.41, 5.74) is 1.33. The van der Waals surface area contributed by atoms with Crippen molar-refractivity contribution in [1.82, 2.24) is 10.2 Å². The van der Waals surface area contributed by atoms with Crippen LogP contribution in [0.4, 0.5) is 0 Å². The molecule has 1 unspecified atom stereocenters. The lowest BCUT2D eigenvalue weighted by molar-refractivity contribution is -0.132. The van der Waals surface area contributed by atoms with Crippen LogP contribution in [-0.4, -0.2) is 29.8 Å². The summed E-state index contributed by atoms with van der Waals surface area (Å²) in [6.45, 7) is 1.61. The molecular formula is C21H23ClN2O2. The standard InChI is InChI=1S/C21H23ClN2O2/c22-18-12-6-5-11-17(18)21(26)23-19(16-9-3-1-4-10-16)15-20(25)24-13-7-2-8-14-24/h1,3-6,9-12,19H,2,7-8,13-15H2,(H,23,26). The van der Waals surface area contributed by atoms with Gasteiger partial charge in [0.05, 0.1) is 23.0 Å². The molecule has 0 spiro atoms. The van der Waals surface area contributed by atoms with Crippen molar-refractivity contribution in [3.8, 4) is 0 Å². The van der Waals surface area contributed by atoms with E-state index in [0.717, 1.165) is 31.5 Å². The van der Waals surface area contributed by atoms with Gasteiger partial charge >= 0.3 is 0 Å². The van der Waals surface area contributed by atoms with Gasteiger partial charge in [-0.1, -0.05) is 54.1 Å². The maximum atomic E-state index is 12.7. The summed E-state index contributed by atoms with van der Waals surface area (Å²) in [4.78, 5) is 27.3. The molecule has 136 valence electrons. The number of carbonyl (C=O) groups excluding carboxylic acids is 2. The lowest BCUT2D eigenvalue weighted by Gasteiger charge is -2.29. The average Bonchev–Trinajstić information content (AvgIpc) is 2.69. The number of likely N-dealkylation sites (tertiary alicyclic amines) is 1. The third-order valence-electron chi connectivity index (χ3n) is 4.71. The Kier molecular flexibility index (Phi) is 6.29. The average molecular weight is 371 g/mol. The Balaban J connectivity index is 1.76. The van der Waals surface area contributed by atoms with Crippen molar-refractivity contribution < 1.29 is 9.59 Å². The molecule has 1 saturated heterocycles. The van der Waals surface area contributed by atoms with Crippen LogP contribution in [-0.2, 0) is 4.79 Å². The highest BCUT2D eigenvalue weighted by molar-refractivity contribution is 6.33. The molecular weight excluding hydrogens is 348 g/mol. The van der Waals surface area contributed by atoms with Crippen LogP contribution in [0.2, 0.25) is 5.02 Å². The molecule has 26 heavy (non-hydrogen) atoms. The lowest BCUT2D eigenvalue weighted by atomic mass is 10.0. The number of benzene rings is 2. The first-order valence-electron chi connectivity index (χ1n) is 9.03. The molecule has 5 heteroatoms. The van der Waals surface area contributed by atoms with Gasteiger partial charge in [0.15, 0.2) is 0 Å². The molecule has 1 aliphatic heterocycles. The second kappa shape index (κ2) is 8.86. The molecule has 3 rings (SSSR count).